The molecule has 0 saturated carbocycles. The Kier molecular flexibility index (Phi) is 4.62. The molecule has 0 bridgehead atoms. The second kappa shape index (κ2) is 6.10. The number of carboxylic acids is 1. The lowest BCUT2D eigenvalue weighted by atomic mass is 10.1. The van der Waals surface area contributed by atoms with Gasteiger partial charge in [-0.3, -0.25) is 4.98 Å². The van der Waals surface area contributed by atoms with Gasteiger partial charge in [0.15, 0.2) is 0 Å². The molecule has 1 aromatic heterocycles. The smallest absolute Gasteiger partial charge is 0.336 e. The summed E-state index contributed by atoms with van der Waals surface area (Å²) in [5.74, 6) is -1.23. The molecule has 0 unspecified atom stereocenters. The predicted octanol–water partition coefficient (Wildman–Crippen LogP) is 2.28. The molecule has 2 N–H and O–H groups in total. The molecule has 0 aliphatic rings. The molecular formula is C12H11ClN2O4S2. The lowest BCUT2D eigenvalue weighted by Crippen LogP contribution is -2.24. The highest BCUT2D eigenvalue weighted by molar-refractivity contribution is 7.89. The largest absolute Gasteiger partial charge is 0.478 e. The Morgan fingerprint density at radius 1 is 1.48 bits per heavy atom. The zero-order valence-electron chi connectivity index (χ0n) is 10.8. The van der Waals surface area contributed by atoms with Gasteiger partial charge in [0.25, 0.3) is 0 Å². The molecule has 0 saturated heterocycles. The normalized spacial score (nSPS) is 11.5. The third-order valence-electron chi connectivity index (χ3n) is 2.76. The molecule has 1 aromatic carbocycles. The third kappa shape index (κ3) is 3.59. The summed E-state index contributed by atoms with van der Waals surface area (Å²) in [6.45, 7) is 1.52. The second-order valence-electron chi connectivity index (χ2n) is 4.17. The van der Waals surface area contributed by atoms with Crippen LogP contribution in [0.25, 0.3) is 0 Å². The zero-order chi connectivity index (χ0) is 15.6. The minimum Gasteiger partial charge on any atom is -0.478 e. The van der Waals surface area contributed by atoms with E-state index in [1.165, 1.54) is 30.4 Å². The molecule has 2 rings (SSSR count). The number of thiazole rings is 1. The molecule has 0 aliphatic heterocycles. The van der Waals surface area contributed by atoms with Gasteiger partial charge in [-0.25, -0.2) is 17.9 Å². The van der Waals surface area contributed by atoms with Gasteiger partial charge < -0.3 is 5.11 Å². The van der Waals surface area contributed by atoms with Gasteiger partial charge in [-0.15, -0.1) is 11.3 Å². The quantitative estimate of drug-likeness (QED) is 0.865. The van der Waals surface area contributed by atoms with Crippen LogP contribution in [0.4, 0.5) is 0 Å². The number of carboxylic acid groups (broad SMARTS) is 1. The Hall–Kier alpha value is -1.48. The van der Waals surface area contributed by atoms with Gasteiger partial charge >= 0.3 is 5.97 Å². The van der Waals surface area contributed by atoms with Crippen molar-refractivity contribution in [3.8, 4) is 0 Å². The molecule has 0 amide bonds. The summed E-state index contributed by atoms with van der Waals surface area (Å²) >= 11 is 7.12. The van der Waals surface area contributed by atoms with E-state index in [0.717, 1.165) is 4.88 Å². The first-order chi connectivity index (χ1) is 9.81. The van der Waals surface area contributed by atoms with Crippen LogP contribution in [0.5, 0.6) is 0 Å². The molecule has 0 fully saturated rings. The van der Waals surface area contributed by atoms with Crippen molar-refractivity contribution >= 4 is 38.9 Å². The van der Waals surface area contributed by atoms with Crippen molar-refractivity contribution < 1.29 is 18.3 Å². The maximum absolute atomic E-state index is 12.3. The topological polar surface area (TPSA) is 96.4 Å². The molecule has 0 radical (unpaired) electrons. The molecule has 9 heteroatoms. The van der Waals surface area contributed by atoms with Crippen LogP contribution in [0.3, 0.4) is 0 Å². The SMILES string of the molecule is Cc1c(C(=O)O)cc(Cl)cc1S(=O)(=O)NCc1cncs1. The number of aromatic carboxylic acids is 1. The van der Waals surface area contributed by atoms with Crippen LogP contribution < -0.4 is 4.72 Å². The zero-order valence-corrected chi connectivity index (χ0v) is 13.2. The summed E-state index contributed by atoms with van der Waals surface area (Å²) in [5, 5.41) is 9.13. The van der Waals surface area contributed by atoms with Crippen molar-refractivity contribution in [1.29, 1.82) is 0 Å². The van der Waals surface area contributed by atoms with Crippen LogP contribution in [0, 0.1) is 6.92 Å². The minimum atomic E-state index is -3.86. The minimum absolute atomic E-state index is 0.0520. The Morgan fingerprint density at radius 3 is 2.76 bits per heavy atom. The highest BCUT2D eigenvalue weighted by Crippen LogP contribution is 2.24. The number of sulfonamides is 1. The van der Waals surface area contributed by atoms with E-state index in [2.05, 4.69) is 9.71 Å². The van der Waals surface area contributed by atoms with E-state index in [1.54, 1.807) is 11.7 Å². The number of hydrogen-bond donors (Lipinski definition) is 2. The number of hydrogen-bond acceptors (Lipinski definition) is 5. The van der Waals surface area contributed by atoms with E-state index < -0.39 is 16.0 Å². The Labute approximate surface area is 130 Å². The average molecular weight is 347 g/mol. The average Bonchev–Trinajstić information content (AvgIpc) is 2.91. The molecule has 6 nitrogen and oxygen atoms in total. The summed E-state index contributed by atoms with van der Waals surface area (Å²) in [4.78, 5) is 15.6. The first kappa shape index (κ1) is 15.9. The Bertz CT molecular complexity index is 773. The molecule has 112 valence electrons. The first-order valence-electron chi connectivity index (χ1n) is 5.72. The van der Waals surface area contributed by atoms with Crippen molar-refractivity contribution in [2.45, 2.75) is 18.4 Å². The van der Waals surface area contributed by atoms with Gasteiger partial charge in [0.05, 0.1) is 16.0 Å². The van der Waals surface area contributed by atoms with Crippen molar-refractivity contribution in [3.63, 3.8) is 0 Å². The second-order valence-corrected chi connectivity index (χ2v) is 7.32. The van der Waals surface area contributed by atoms with Crippen LogP contribution in [0.1, 0.15) is 20.8 Å². The number of benzene rings is 1. The fourth-order valence-electron chi connectivity index (χ4n) is 1.73. The van der Waals surface area contributed by atoms with E-state index in [9.17, 15) is 13.2 Å². The van der Waals surface area contributed by atoms with Gasteiger partial charge in [0, 0.05) is 22.6 Å². The molecule has 21 heavy (non-hydrogen) atoms. The third-order valence-corrected chi connectivity index (χ3v) is 5.29. The number of halogens is 1. The monoisotopic (exact) mass is 346 g/mol. The van der Waals surface area contributed by atoms with Crippen LogP contribution in [-0.4, -0.2) is 24.5 Å². The van der Waals surface area contributed by atoms with E-state index in [4.69, 9.17) is 16.7 Å². The van der Waals surface area contributed by atoms with E-state index in [0.29, 0.717) is 0 Å². The van der Waals surface area contributed by atoms with Gasteiger partial charge in [-0.05, 0) is 24.6 Å². The van der Waals surface area contributed by atoms with Crippen LogP contribution in [0.15, 0.2) is 28.7 Å². The van der Waals surface area contributed by atoms with Crippen molar-refractivity contribution in [3.05, 3.63) is 44.9 Å². The van der Waals surface area contributed by atoms with Gasteiger partial charge in [-0.1, -0.05) is 11.6 Å². The lowest BCUT2D eigenvalue weighted by molar-refractivity contribution is 0.0696. The fraction of sp³-hybridized carbons (Fsp3) is 0.167. The summed E-state index contributed by atoms with van der Waals surface area (Å²) in [5.41, 5.74) is 1.60. The number of carbonyl (C=O) groups is 1. The van der Waals surface area contributed by atoms with E-state index >= 15 is 0 Å². The molecular weight excluding hydrogens is 336 g/mol. The van der Waals surface area contributed by atoms with Crippen LogP contribution >= 0.6 is 22.9 Å². The Morgan fingerprint density at radius 2 is 2.19 bits per heavy atom. The molecule has 2 aromatic rings. The number of rotatable bonds is 5. The van der Waals surface area contributed by atoms with Crippen molar-refractivity contribution in [1.82, 2.24) is 9.71 Å². The summed E-state index contributed by atoms with van der Waals surface area (Å²) in [7, 11) is -3.86. The lowest BCUT2D eigenvalue weighted by Gasteiger charge is -2.11. The maximum Gasteiger partial charge on any atom is 0.336 e. The highest BCUT2D eigenvalue weighted by Gasteiger charge is 2.22. The fourth-order valence-corrected chi connectivity index (χ4v) is 3.93. The number of aromatic nitrogens is 1. The standard InChI is InChI=1S/C12H11ClN2O4S2/c1-7-10(12(16)17)2-8(13)3-11(7)21(18,19)15-5-9-4-14-6-20-9/h2-4,6,15H,5H2,1H3,(H,16,17). The van der Waals surface area contributed by atoms with E-state index in [-0.39, 0.29) is 27.6 Å². The van der Waals surface area contributed by atoms with Crippen molar-refractivity contribution in [2.24, 2.45) is 0 Å². The molecule has 0 spiro atoms. The van der Waals surface area contributed by atoms with E-state index in [1.807, 2.05) is 0 Å². The first-order valence-corrected chi connectivity index (χ1v) is 8.46. The maximum atomic E-state index is 12.3. The highest BCUT2D eigenvalue weighted by atomic mass is 35.5. The molecule has 1 heterocycles. The van der Waals surface area contributed by atoms with Crippen LogP contribution in [-0.2, 0) is 16.6 Å². The van der Waals surface area contributed by atoms with Crippen molar-refractivity contribution in [2.75, 3.05) is 0 Å². The predicted molar refractivity (Wildman–Crippen MR) is 79.3 cm³/mol. The summed E-state index contributed by atoms with van der Waals surface area (Å²) in [6, 6.07) is 2.46. The Balaban J connectivity index is 2.37. The number of nitrogens with one attached hydrogen (secondary N) is 1. The molecule has 0 atom stereocenters. The molecule has 0 aliphatic carbocycles. The van der Waals surface area contributed by atoms with Gasteiger partial charge in [0.1, 0.15) is 0 Å². The number of nitrogens with zero attached hydrogens (tertiary/aromatic N) is 1. The van der Waals surface area contributed by atoms with Gasteiger partial charge in [-0.2, -0.15) is 0 Å². The summed E-state index contributed by atoms with van der Waals surface area (Å²) < 4.78 is 27.0. The van der Waals surface area contributed by atoms with Gasteiger partial charge in [0.2, 0.25) is 10.0 Å². The summed E-state index contributed by atoms with van der Waals surface area (Å²) in [6.07, 6.45) is 1.56. The van der Waals surface area contributed by atoms with Crippen LogP contribution in [0.2, 0.25) is 5.02 Å².